The summed E-state index contributed by atoms with van der Waals surface area (Å²) >= 11 is 0. The number of aryl methyl sites for hydroxylation is 3. The number of aromatic nitrogens is 4. The summed E-state index contributed by atoms with van der Waals surface area (Å²) in [6, 6.07) is 10.0. The minimum Gasteiger partial charge on any atom is -0.340 e. The number of pyridine rings is 1. The molecular formula is C22H21N5O2. The van der Waals surface area contributed by atoms with Crippen molar-refractivity contribution in [1.29, 1.82) is 0 Å². The largest absolute Gasteiger partial charge is 0.340 e. The molecule has 29 heavy (non-hydrogen) atoms. The van der Waals surface area contributed by atoms with E-state index in [0.717, 1.165) is 39.7 Å². The lowest BCUT2D eigenvalue weighted by Gasteiger charge is -2.30. The molecule has 4 aromatic rings. The zero-order valence-electron chi connectivity index (χ0n) is 16.6. The smallest absolute Gasteiger partial charge is 0.270 e. The number of amides is 1. The second-order valence-corrected chi connectivity index (χ2v) is 7.48. The molecule has 0 saturated carbocycles. The van der Waals surface area contributed by atoms with Crippen molar-refractivity contribution in [2.45, 2.75) is 26.8 Å². The average Bonchev–Trinajstić information content (AvgIpc) is 3.30. The van der Waals surface area contributed by atoms with E-state index in [1.54, 1.807) is 6.92 Å². The summed E-state index contributed by atoms with van der Waals surface area (Å²) in [6.45, 7) is 4.89. The Morgan fingerprint density at radius 1 is 1.21 bits per heavy atom. The maximum atomic E-state index is 13.3. The molecular weight excluding hydrogens is 366 g/mol. The Kier molecular flexibility index (Phi) is 3.97. The first kappa shape index (κ1) is 17.6. The molecule has 1 amide bonds. The lowest BCUT2D eigenvalue weighted by Crippen LogP contribution is -2.37. The zero-order valence-corrected chi connectivity index (χ0v) is 16.6. The van der Waals surface area contributed by atoms with Gasteiger partial charge in [0.2, 0.25) is 11.7 Å². The summed E-state index contributed by atoms with van der Waals surface area (Å²) in [4.78, 5) is 24.1. The third-order valence-corrected chi connectivity index (χ3v) is 5.67. The molecule has 0 radical (unpaired) electrons. The van der Waals surface area contributed by atoms with Crippen molar-refractivity contribution < 1.29 is 9.32 Å². The van der Waals surface area contributed by atoms with Crippen LogP contribution in [0.3, 0.4) is 0 Å². The van der Waals surface area contributed by atoms with Gasteiger partial charge >= 0.3 is 0 Å². The zero-order chi connectivity index (χ0) is 20.1. The number of hydrogen-bond acceptors (Lipinski definition) is 5. The van der Waals surface area contributed by atoms with Crippen LogP contribution >= 0.6 is 0 Å². The molecule has 1 aromatic carbocycles. The Hall–Kier alpha value is -3.48. The summed E-state index contributed by atoms with van der Waals surface area (Å²) < 4.78 is 7.13. The van der Waals surface area contributed by atoms with Crippen LogP contribution in [0.15, 0.2) is 41.1 Å². The van der Waals surface area contributed by atoms with Crippen LogP contribution in [0.2, 0.25) is 0 Å². The van der Waals surface area contributed by atoms with Gasteiger partial charge in [-0.1, -0.05) is 23.4 Å². The highest BCUT2D eigenvalue weighted by atomic mass is 16.5. The molecule has 0 bridgehead atoms. The van der Waals surface area contributed by atoms with Crippen LogP contribution in [0.5, 0.6) is 0 Å². The monoisotopic (exact) mass is 387 g/mol. The number of hydrogen-bond donors (Lipinski definition) is 0. The first-order chi connectivity index (χ1) is 14.0. The molecule has 7 heteroatoms. The molecule has 3 aromatic heterocycles. The standard InChI is InChI=1S/C22H21N5O2/c1-13-20(21-24-14(2)29-25-21)17-8-9-27(12-16(17)11-23-13)22(28)19-10-15-6-4-5-7-18(15)26(19)3/h4-7,10-11H,8-9,12H2,1-3H3. The Morgan fingerprint density at radius 2 is 2.03 bits per heavy atom. The molecule has 1 aliphatic heterocycles. The van der Waals surface area contributed by atoms with Crippen LogP contribution in [0, 0.1) is 13.8 Å². The van der Waals surface area contributed by atoms with Gasteiger partial charge in [-0.05, 0) is 36.6 Å². The number of rotatable bonds is 2. The second kappa shape index (κ2) is 6.55. The third kappa shape index (κ3) is 2.81. The average molecular weight is 387 g/mol. The van der Waals surface area contributed by atoms with E-state index in [2.05, 4.69) is 15.1 Å². The van der Waals surface area contributed by atoms with Crippen LogP contribution in [0.1, 0.15) is 33.2 Å². The van der Waals surface area contributed by atoms with Gasteiger partial charge in [0.1, 0.15) is 5.69 Å². The highest BCUT2D eigenvalue weighted by Gasteiger charge is 2.28. The fourth-order valence-electron chi connectivity index (χ4n) is 4.18. The van der Waals surface area contributed by atoms with Crippen molar-refractivity contribution in [3.05, 3.63) is 64.9 Å². The fourth-order valence-corrected chi connectivity index (χ4v) is 4.18. The number of benzene rings is 1. The van der Waals surface area contributed by atoms with E-state index < -0.39 is 0 Å². The van der Waals surface area contributed by atoms with E-state index in [0.29, 0.717) is 30.5 Å². The van der Waals surface area contributed by atoms with Gasteiger partial charge in [-0.25, -0.2) is 0 Å². The topological polar surface area (TPSA) is 77.1 Å². The first-order valence-corrected chi connectivity index (χ1v) is 9.64. The van der Waals surface area contributed by atoms with Gasteiger partial charge in [0, 0.05) is 55.4 Å². The highest BCUT2D eigenvalue weighted by molar-refractivity contribution is 5.98. The predicted molar refractivity (Wildman–Crippen MR) is 108 cm³/mol. The summed E-state index contributed by atoms with van der Waals surface area (Å²) in [6.07, 6.45) is 2.60. The number of fused-ring (bicyclic) bond motifs is 2. The summed E-state index contributed by atoms with van der Waals surface area (Å²) in [5.41, 5.74) is 5.74. The molecule has 0 unspecified atom stereocenters. The van der Waals surface area contributed by atoms with E-state index in [4.69, 9.17) is 4.52 Å². The molecule has 7 nitrogen and oxygen atoms in total. The van der Waals surface area contributed by atoms with E-state index in [1.165, 1.54) is 0 Å². The van der Waals surface area contributed by atoms with Crippen molar-refractivity contribution in [1.82, 2.24) is 24.6 Å². The Balaban J connectivity index is 1.50. The number of para-hydroxylation sites is 1. The van der Waals surface area contributed by atoms with Crippen molar-refractivity contribution in [2.75, 3.05) is 6.54 Å². The number of carbonyl (C=O) groups excluding carboxylic acids is 1. The van der Waals surface area contributed by atoms with Crippen LogP contribution in [0.25, 0.3) is 22.3 Å². The van der Waals surface area contributed by atoms with Gasteiger partial charge < -0.3 is 14.0 Å². The Labute approximate surface area is 168 Å². The lowest BCUT2D eigenvalue weighted by molar-refractivity contribution is 0.0725. The maximum absolute atomic E-state index is 13.3. The second-order valence-electron chi connectivity index (χ2n) is 7.48. The van der Waals surface area contributed by atoms with Crippen molar-refractivity contribution in [3.63, 3.8) is 0 Å². The van der Waals surface area contributed by atoms with Gasteiger partial charge in [-0.2, -0.15) is 4.98 Å². The van der Waals surface area contributed by atoms with Gasteiger partial charge in [0.15, 0.2) is 0 Å². The van der Waals surface area contributed by atoms with Crippen LogP contribution in [-0.2, 0) is 20.0 Å². The van der Waals surface area contributed by atoms with E-state index in [9.17, 15) is 4.79 Å². The summed E-state index contributed by atoms with van der Waals surface area (Å²) in [7, 11) is 1.94. The molecule has 0 saturated heterocycles. The Morgan fingerprint density at radius 3 is 2.79 bits per heavy atom. The van der Waals surface area contributed by atoms with Crippen molar-refractivity contribution >= 4 is 16.8 Å². The lowest BCUT2D eigenvalue weighted by atomic mass is 9.94. The minimum absolute atomic E-state index is 0.0341. The Bertz CT molecular complexity index is 1250. The molecule has 146 valence electrons. The first-order valence-electron chi connectivity index (χ1n) is 9.64. The quantitative estimate of drug-likeness (QED) is 0.527. The van der Waals surface area contributed by atoms with E-state index in [1.807, 2.05) is 60.0 Å². The molecule has 4 heterocycles. The minimum atomic E-state index is 0.0341. The molecule has 1 aliphatic rings. The molecule has 0 atom stereocenters. The SMILES string of the molecule is Cc1nc(-c2c(C)ncc3c2CCN(C(=O)c2cc4ccccc4n2C)C3)no1. The van der Waals surface area contributed by atoms with Crippen molar-refractivity contribution in [3.8, 4) is 11.4 Å². The van der Waals surface area contributed by atoms with Crippen molar-refractivity contribution in [2.24, 2.45) is 7.05 Å². The third-order valence-electron chi connectivity index (χ3n) is 5.67. The van der Waals surface area contributed by atoms with E-state index >= 15 is 0 Å². The maximum Gasteiger partial charge on any atom is 0.270 e. The molecule has 0 N–H and O–H groups in total. The van der Waals surface area contributed by atoms with Crippen LogP contribution < -0.4 is 0 Å². The van der Waals surface area contributed by atoms with Crippen LogP contribution in [0.4, 0.5) is 0 Å². The van der Waals surface area contributed by atoms with Gasteiger partial charge in [-0.15, -0.1) is 0 Å². The van der Waals surface area contributed by atoms with Crippen LogP contribution in [-0.4, -0.2) is 37.0 Å². The van der Waals surface area contributed by atoms with Gasteiger partial charge in [0.05, 0.1) is 0 Å². The van der Waals surface area contributed by atoms with Gasteiger partial charge in [0.25, 0.3) is 5.91 Å². The molecule has 0 fully saturated rings. The summed E-state index contributed by atoms with van der Waals surface area (Å²) in [5, 5.41) is 5.15. The van der Waals surface area contributed by atoms with E-state index in [-0.39, 0.29) is 5.91 Å². The fraction of sp³-hybridized carbons (Fsp3) is 0.273. The molecule has 0 spiro atoms. The number of carbonyl (C=O) groups is 1. The predicted octanol–water partition coefficient (Wildman–Crippen LogP) is 3.44. The molecule has 0 aliphatic carbocycles. The normalized spacial score (nSPS) is 13.7. The molecule has 5 rings (SSSR count). The highest BCUT2D eigenvalue weighted by Crippen LogP contribution is 2.31. The summed E-state index contributed by atoms with van der Waals surface area (Å²) in [5.74, 6) is 1.13. The van der Waals surface area contributed by atoms with Gasteiger partial charge in [-0.3, -0.25) is 9.78 Å². The number of nitrogens with zero attached hydrogens (tertiary/aromatic N) is 5.